The summed E-state index contributed by atoms with van der Waals surface area (Å²) in [6.07, 6.45) is 1.12. The molecule has 0 saturated carbocycles. The first-order chi connectivity index (χ1) is 10.6. The number of aromatic nitrogens is 1. The van der Waals surface area contributed by atoms with E-state index < -0.39 is 11.7 Å². The molecular formula is C16H26N4O3. The summed E-state index contributed by atoms with van der Waals surface area (Å²) in [6, 6.07) is 3.50. The van der Waals surface area contributed by atoms with Crippen LogP contribution < -0.4 is 5.32 Å². The molecule has 7 heteroatoms. The van der Waals surface area contributed by atoms with Crippen molar-refractivity contribution in [2.24, 2.45) is 0 Å². The molecule has 1 aromatic heterocycles. The van der Waals surface area contributed by atoms with E-state index in [1.54, 1.807) is 53.2 Å². The second kappa shape index (κ2) is 7.92. The number of rotatable bonds is 5. The van der Waals surface area contributed by atoms with Crippen molar-refractivity contribution in [2.45, 2.75) is 32.9 Å². The largest absolute Gasteiger partial charge is 0.444 e. The monoisotopic (exact) mass is 322 g/mol. The van der Waals surface area contributed by atoms with Crippen molar-refractivity contribution in [3.63, 3.8) is 0 Å². The molecule has 0 saturated heterocycles. The van der Waals surface area contributed by atoms with Crippen LogP contribution in [0.5, 0.6) is 0 Å². The van der Waals surface area contributed by atoms with Gasteiger partial charge in [0.05, 0.1) is 17.9 Å². The Bertz CT molecular complexity index is 553. The molecule has 0 atom stereocenters. The number of nitrogens with zero attached hydrogens (tertiary/aromatic N) is 3. The van der Waals surface area contributed by atoms with Gasteiger partial charge < -0.3 is 9.64 Å². The third-order valence-electron chi connectivity index (χ3n) is 2.85. The quantitative estimate of drug-likeness (QED) is 0.897. The van der Waals surface area contributed by atoms with Crippen LogP contribution in [-0.4, -0.2) is 60.1 Å². The van der Waals surface area contributed by atoms with Gasteiger partial charge in [-0.1, -0.05) is 0 Å². The highest BCUT2D eigenvalue weighted by Gasteiger charge is 2.18. The molecule has 2 amide bonds. The van der Waals surface area contributed by atoms with Gasteiger partial charge in [0.2, 0.25) is 5.91 Å². The Kier molecular flexibility index (Phi) is 6.50. The van der Waals surface area contributed by atoms with E-state index in [4.69, 9.17) is 4.74 Å². The van der Waals surface area contributed by atoms with Crippen LogP contribution in [-0.2, 0) is 16.1 Å². The Hall–Kier alpha value is -2.15. The second-order valence-corrected chi connectivity index (χ2v) is 6.59. The maximum atomic E-state index is 11.9. The van der Waals surface area contributed by atoms with Crippen molar-refractivity contribution in [1.29, 1.82) is 0 Å². The number of carbonyl (C=O) groups excluding carboxylic acids is 2. The first-order valence-corrected chi connectivity index (χ1v) is 7.41. The van der Waals surface area contributed by atoms with Crippen molar-refractivity contribution in [3.8, 4) is 0 Å². The summed E-state index contributed by atoms with van der Waals surface area (Å²) in [5.41, 5.74) is 0.680. The van der Waals surface area contributed by atoms with E-state index in [0.717, 1.165) is 0 Å². The zero-order valence-corrected chi connectivity index (χ0v) is 14.7. The highest BCUT2D eigenvalue weighted by molar-refractivity contribution is 5.85. The first-order valence-electron chi connectivity index (χ1n) is 7.41. The van der Waals surface area contributed by atoms with Gasteiger partial charge in [0.15, 0.2) is 0 Å². The zero-order chi connectivity index (χ0) is 17.6. The van der Waals surface area contributed by atoms with E-state index in [9.17, 15) is 9.59 Å². The predicted octanol–water partition coefficient (Wildman–Crippen LogP) is 1.95. The molecule has 1 N–H and O–H groups in total. The van der Waals surface area contributed by atoms with Crippen molar-refractivity contribution >= 4 is 17.7 Å². The molecule has 0 bridgehead atoms. The van der Waals surface area contributed by atoms with Crippen molar-refractivity contribution in [1.82, 2.24) is 14.8 Å². The van der Waals surface area contributed by atoms with Crippen LogP contribution in [0.2, 0.25) is 0 Å². The fourth-order valence-electron chi connectivity index (χ4n) is 1.78. The summed E-state index contributed by atoms with van der Waals surface area (Å²) in [6.45, 7) is 6.12. The molecule has 0 aliphatic heterocycles. The lowest BCUT2D eigenvalue weighted by Gasteiger charge is -2.22. The van der Waals surface area contributed by atoms with E-state index in [1.807, 2.05) is 11.9 Å². The van der Waals surface area contributed by atoms with Gasteiger partial charge in [0, 0.05) is 26.8 Å². The van der Waals surface area contributed by atoms with Crippen molar-refractivity contribution < 1.29 is 14.3 Å². The molecular weight excluding hydrogens is 296 g/mol. The summed E-state index contributed by atoms with van der Waals surface area (Å²) in [5.74, 6) is 0.00471. The van der Waals surface area contributed by atoms with Gasteiger partial charge in [-0.25, -0.2) is 4.79 Å². The standard InChI is InChI=1S/C16H26N4O3/c1-16(2,3)23-15(22)18-12-8-7-9-17-13(12)10-20(6)11-14(21)19(4)5/h7-9H,10-11H2,1-6H3,(H,18,22). The molecule has 0 fully saturated rings. The molecule has 23 heavy (non-hydrogen) atoms. The van der Waals surface area contributed by atoms with Crippen molar-refractivity contribution in [2.75, 3.05) is 33.0 Å². The van der Waals surface area contributed by atoms with E-state index in [1.165, 1.54) is 4.90 Å². The molecule has 7 nitrogen and oxygen atoms in total. The number of hydrogen-bond donors (Lipinski definition) is 1. The van der Waals surface area contributed by atoms with Crippen LogP contribution in [0, 0.1) is 0 Å². The lowest BCUT2D eigenvalue weighted by atomic mass is 10.2. The van der Waals surface area contributed by atoms with Crippen LogP contribution in [0.15, 0.2) is 18.3 Å². The highest BCUT2D eigenvalue weighted by Crippen LogP contribution is 2.16. The third kappa shape index (κ3) is 7.10. The number of anilines is 1. The van der Waals surface area contributed by atoms with Gasteiger partial charge in [0.1, 0.15) is 5.60 Å². The molecule has 128 valence electrons. The van der Waals surface area contributed by atoms with Crippen LogP contribution in [0.4, 0.5) is 10.5 Å². The molecule has 0 unspecified atom stereocenters. The predicted molar refractivity (Wildman–Crippen MR) is 89.1 cm³/mol. The Labute approximate surface area is 137 Å². The molecule has 0 aromatic carbocycles. The molecule has 1 rings (SSSR count). The Morgan fingerprint density at radius 2 is 1.91 bits per heavy atom. The van der Waals surface area contributed by atoms with Gasteiger partial charge in [0.25, 0.3) is 0 Å². The number of hydrogen-bond acceptors (Lipinski definition) is 5. The number of carbonyl (C=O) groups is 2. The first kappa shape index (κ1) is 18.9. The van der Waals surface area contributed by atoms with Crippen LogP contribution in [0.25, 0.3) is 0 Å². The van der Waals surface area contributed by atoms with Crippen LogP contribution >= 0.6 is 0 Å². The number of pyridine rings is 1. The second-order valence-electron chi connectivity index (χ2n) is 6.59. The lowest BCUT2D eigenvalue weighted by molar-refractivity contribution is -0.129. The van der Waals surface area contributed by atoms with Crippen LogP contribution in [0.1, 0.15) is 26.5 Å². The molecule has 0 radical (unpaired) electrons. The SMILES string of the molecule is CN(CC(=O)N(C)C)Cc1ncccc1NC(=O)OC(C)(C)C. The van der Waals surface area contributed by atoms with E-state index in [2.05, 4.69) is 10.3 Å². The molecule has 1 heterocycles. The summed E-state index contributed by atoms with van der Waals surface area (Å²) < 4.78 is 5.25. The highest BCUT2D eigenvalue weighted by atomic mass is 16.6. The minimum Gasteiger partial charge on any atom is -0.444 e. The number of ether oxygens (including phenoxy) is 1. The van der Waals surface area contributed by atoms with Gasteiger partial charge >= 0.3 is 6.09 Å². The average Bonchev–Trinajstić information content (AvgIpc) is 2.38. The van der Waals surface area contributed by atoms with Gasteiger partial charge in [-0.3, -0.25) is 20.0 Å². The van der Waals surface area contributed by atoms with E-state index >= 15 is 0 Å². The van der Waals surface area contributed by atoms with Gasteiger partial charge in [-0.05, 0) is 40.0 Å². The smallest absolute Gasteiger partial charge is 0.412 e. The lowest BCUT2D eigenvalue weighted by Crippen LogP contribution is -2.34. The average molecular weight is 322 g/mol. The normalized spacial score (nSPS) is 11.3. The summed E-state index contributed by atoms with van der Waals surface area (Å²) in [5, 5.41) is 2.70. The van der Waals surface area contributed by atoms with E-state index in [-0.39, 0.29) is 12.5 Å². The summed E-state index contributed by atoms with van der Waals surface area (Å²) in [7, 11) is 5.26. The molecule has 1 aromatic rings. The van der Waals surface area contributed by atoms with E-state index in [0.29, 0.717) is 17.9 Å². The number of likely N-dealkylation sites (N-methyl/N-ethyl adjacent to an activating group) is 2. The maximum absolute atomic E-state index is 11.9. The Balaban J connectivity index is 2.74. The van der Waals surface area contributed by atoms with Crippen LogP contribution in [0.3, 0.4) is 0 Å². The Morgan fingerprint density at radius 3 is 2.48 bits per heavy atom. The summed E-state index contributed by atoms with van der Waals surface area (Å²) >= 11 is 0. The molecule has 0 aliphatic rings. The summed E-state index contributed by atoms with van der Waals surface area (Å²) in [4.78, 5) is 31.3. The zero-order valence-electron chi connectivity index (χ0n) is 14.7. The fraction of sp³-hybridized carbons (Fsp3) is 0.562. The van der Waals surface area contributed by atoms with Crippen molar-refractivity contribution in [3.05, 3.63) is 24.0 Å². The van der Waals surface area contributed by atoms with Gasteiger partial charge in [-0.15, -0.1) is 0 Å². The topological polar surface area (TPSA) is 74.8 Å². The van der Waals surface area contributed by atoms with Gasteiger partial charge in [-0.2, -0.15) is 0 Å². The number of amides is 2. The minimum absolute atomic E-state index is 0.00471. The minimum atomic E-state index is -0.568. The Morgan fingerprint density at radius 1 is 1.26 bits per heavy atom. The molecule has 0 spiro atoms. The molecule has 0 aliphatic carbocycles. The maximum Gasteiger partial charge on any atom is 0.412 e. The number of nitrogens with one attached hydrogen (secondary N) is 1. The fourth-order valence-corrected chi connectivity index (χ4v) is 1.78. The third-order valence-corrected chi connectivity index (χ3v) is 2.85.